The van der Waals surface area contributed by atoms with Crippen molar-refractivity contribution in [3.05, 3.63) is 120 Å². The minimum absolute atomic E-state index is 0.246. The normalized spacial score (nSPS) is 16.5. The van der Waals surface area contributed by atoms with Crippen LogP contribution >= 0.6 is 0 Å². The lowest BCUT2D eigenvalue weighted by Gasteiger charge is -2.31. The largest absolute Gasteiger partial charge is 0.457 e. The predicted molar refractivity (Wildman–Crippen MR) is 125 cm³/mol. The van der Waals surface area contributed by atoms with Crippen molar-refractivity contribution in [1.29, 1.82) is 0 Å². The quantitative estimate of drug-likeness (QED) is 0.371. The Morgan fingerprint density at radius 3 is 2.52 bits per heavy atom. The predicted octanol–water partition coefficient (Wildman–Crippen LogP) is 6.58. The van der Waals surface area contributed by atoms with Crippen molar-refractivity contribution in [3.63, 3.8) is 0 Å². The van der Waals surface area contributed by atoms with Crippen molar-refractivity contribution in [3.8, 4) is 11.5 Å². The number of fused-ring (bicyclic) bond motifs is 1. The van der Waals surface area contributed by atoms with E-state index in [1.807, 2.05) is 36.4 Å². The molecule has 0 unspecified atom stereocenters. The van der Waals surface area contributed by atoms with Crippen molar-refractivity contribution in [1.82, 2.24) is 9.47 Å². The molecule has 4 aromatic rings. The molecule has 2 heterocycles. The summed E-state index contributed by atoms with van der Waals surface area (Å²) in [6, 6.07) is 32.1. The molecule has 0 saturated carbocycles. The molecule has 1 aliphatic heterocycles. The number of rotatable bonds is 5. The van der Waals surface area contributed by atoms with Crippen molar-refractivity contribution in [2.45, 2.75) is 32.5 Å². The second kappa shape index (κ2) is 8.83. The van der Waals surface area contributed by atoms with Crippen LogP contribution in [-0.4, -0.2) is 16.0 Å². The van der Waals surface area contributed by atoms with Crippen LogP contribution in [0.5, 0.6) is 11.5 Å². The first-order chi connectivity index (χ1) is 15.3. The molecule has 5 rings (SSSR count). The summed E-state index contributed by atoms with van der Waals surface area (Å²) < 4.78 is 8.50. The van der Waals surface area contributed by atoms with E-state index in [0.717, 1.165) is 37.6 Å². The molecule has 1 aromatic heterocycles. The van der Waals surface area contributed by atoms with Crippen molar-refractivity contribution in [2.75, 3.05) is 6.54 Å². The Hall–Kier alpha value is -3.30. The lowest BCUT2D eigenvalue weighted by Crippen LogP contribution is -2.29. The van der Waals surface area contributed by atoms with Crippen LogP contribution < -0.4 is 4.74 Å². The highest BCUT2D eigenvalue weighted by Gasteiger charge is 2.27. The van der Waals surface area contributed by atoms with Crippen LogP contribution in [-0.2, 0) is 13.1 Å². The van der Waals surface area contributed by atoms with Crippen LogP contribution in [0.15, 0.2) is 97.2 Å². The second-order valence-electron chi connectivity index (χ2n) is 8.33. The van der Waals surface area contributed by atoms with E-state index in [-0.39, 0.29) is 6.04 Å². The Kier molecular flexibility index (Phi) is 5.59. The van der Waals surface area contributed by atoms with E-state index in [2.05, 4.69) is 77.2 Å². The van der Waals surface area contributed by atoms with E-state index in [0.29, 0.717) is 0 Å². The molecule has 0 aliphatic carbocycles. The van der Waals surface area contributed by atoms with Crippen molar-refractivity contribution in [2.24, 2.45) is 0 Å². The van der Waals surface area contributed by atoms with Gasteiger partial charge in [0, 0.05) is 31.5 Å². The maximum absolute atomic E-state index is 6.08. The molecular formula is C28H28N2O. The average Bonchev–Trinajstić information content (AvgIpc) is 3.16. The smallest absolute Gasteiger partial charge is 0.127 e. The highest BCUT2D eigenvalue weighted by molar-refractivity contribution is 5.36. The van der Waals surface area contributed by atoms with Crippen LogP contribution in [0, 0.1) is 6.92 Å². The third kappa shape index (κ3) is 4.42. The summed E-state index contributed by atoms with van der Waals surface area (Å²) in [5.74, 6) is 1.75. The van der Waals surface area contributed by atoms with Crippen molar-refractivity contribution < 1.29 is 4.74 Å². The Morgan fingerprint density at radius 1 is 0.806 bits per heavy atom. The fourth-order valence-electron chi connectivity index (χ4n) is 4.60. The Morgan fingerprint density at radius 2 is 1.65 bits per heavy atom. The summed E-state index contributed by atoms with van der Waals surface area (Å²) in [7, 11) is 0. The lowest BCUT2D eigenvalue weighted by atomic mass is 9.99. The first kappa shape index (κ1) is 19.7. The first-order valence-electron chi connectivity index (χ1n) is 11.0. The molecule has 156 valence electrons. The Balaban J connectivity index is 1.45. The van der Waals surface area contributed by atoms with Gasteiger partial charge in [-0.15, -0.1) is 0 Å². The molecule has 0 amide bonds. The standard InChI is InChI=1S/C28H28N2O/c1-22-9-5-11-24(19-22)28-27-15-7-16-29(27)17-8-18-30(28)21-23-10-6-14-26(20-23)31-25-12-3-2-4-13-25/h2-7,9-16,19-20,28H,8,17-18,21H2,1H3/t28-/m0/s1. The van der Waals surface area contributed by atoms with Gasteiger partial charge in [0.2, 0.25) is 0 Å². The van der Waals surface area contributed by atoms with Gasteiger partial charge in [-0.1, -0.05) is 60.2 Å². The number of hydrogen-bond donors (Lipinski definition) is 0. The molecule has 0 bridgehead atoms. The lowest BCUT2D eigenvalue weighted by molar-refractivity contribution is 0.220. The zero-order valence-corrected chi connectivity index (χ0v) is 17.9. The van der Waals surface area contributed by atoms with Gasteiger partial charge < -0.3 is 9.30 Å². The van der Waals surface area contributed by atoms with Crippen LogP contribution in [0.1, 0.15) is 34.8 Å². The number of para-hydroxylation sites is 1. The molecule has 0 fully saturated rings. The summed E-state index contributed by atoms with van der Waals surface area (Å²) >= 11 is 0. The highest BCUT2D eigenvalue weighted by Crippen LogP contribution is 2.34. The van der Waals surface area contributed by atoms with Crippen LogP contribution in [0.25, 0.3) is 0 Å². The summed E-state index contributed by atoms with van der Waals surface area (Å²) in [5.41, 5.74) is 5.31. The second-order valence-corrected chi connectivity index (χ2v) is 8.33. The molecule has 1 atom stereocenters. The molecule has 3 aromatic carbocycles. The van der Waals surface area contributed by atoms with Gasteiger partial charge in [-0.25, -0.2) is 0 Å². The van der Waals surface area contributed by atoms with E-state index in [9.17, 15) is 0 Å². The van der Waals surface area contributed by atoms with Crippen LogP contribution in [0.3, 0.4) is 0 Å². The topological polar surface area (TPSA) is 17.4 Å². The molecule has 0 spiro atoms. The minimum atomic E-state index is 0.246. The molecule has 0 N–H and O–H groups in total. The van der Waals surface area contributed by atoms with Crippen LogP contribution in [0.4, 0.5) is 0 Å². The highest BCUT2D eigenvalue weighted by atomic mass is 16.5. The molecule has 3 nitrogen and oxygen atoms in total. The molecule has 0 saturated heterocycles. The van der Waals surface area contributed by atoms with E-state index >= 15 is 0 Å². The number of aromatic nitrogens is 1. The number of benzene rings is 3. The number of aryl methyl sites for hydroxylation is 2. The summed E-state index contributed by atoms with van der Waals surface area (Å²) in [4.78, 5) is 2.61. The Bertz CT molecular complexity index is 1150. The van der Waals surface area contributed by atoms with Gasteiger partial charge in [0.1, 0.15) is 11.5 Å². The molecule has 0 radical (unpaired) electrons. The SMILES string of the molecule is Cc1cccc([C@H]2c3cccn3CCCN2Cc2cccc(Oc3ccccc3)c2)c1. The zero-order valence-electron chi connectivity index (χ0n) is 17.9. The third-order valence-corrected chi connectivity index (χ3v) is 5.98. The van der Waals surface area contributed by atoms with E-state index in [1.54, 1.807) is 0 Å². The van der Waals surface area contributed by atoms with E-state index < -0.39 is 0 Å². The minimum Gasteiger partial charge on any atom is -0.457 e. The van der Waals surface area contributed by atoms with E-state index in [1.165, 1.54) is 22.4 Å². The molecule has 1 aliphatic rings. The van der Waals surface area contributed by atoms with Gasteiger partial charge in [-0.3, -0.25) is 4.90 Å². The number of ether oxygens (including phenoxy) is 1. The Labute approximate surface area is 184 Å². The fraction of sp³-hybridized carbons (Fsp3) is 0.214. The summed E-state index contributed by atoms with van der Waals surface area (Å²) in [5, 5.41) is 0. The maximum atomic E-state index is 6.08. The summed E-state index contributed by atoms with van der Waals surface area (Å²) in [6.45, 7) is 5.19. The molecule has 3 heteroatoms. The maximum Gasteiger partial charge on any atom is 0.127 e. The third-order valence-electron chi connectivity index (χ3n) is 5.98. The number of hydrogen-bond acceptors (Lipinski definition) is 2. The van der Waals surface area contributed by atoms with Crippen molar-refractivity contribution >= 4 is 0 Å². The summed E-state index contributed by atoms with van der Waals surface area (Å²) in [6.07, 6.45) is 3.36. The zero-order chi connectivity index (χ0) is 21.0. The van der Waals surface area contributed by atoms with Crippen LogP contribution in [0.2, 0.25) is 0 Å². The van der Waals surface area contributed by atoms with Gasteiger partial charge in [0.15, 0.2) is 0 Å². The van der Waals surface area contributed by atoms with Gasteiger partial charge >= 0.3 is 0 Å². The molecule has 31 heavy (non-hydrogen) atoms. The number of nitrogens with zero attached hydrogens (tertiary/aromatic N) is 2. The fourth-order valence-corrected chi connectivity index (χ4v) is 4.60. The van der Waals surface area contributed by atoms with Gasteiger partial charge in [0.05, 0.1) is 6.04 Å². The van der Waals surface area contributed by atoms with Gasteiger partial charge in [0.25, 0.3) is 0 Å². The van der Waals surface area contributed by atoms with Gasteiger partial charge in [-0.2, -0.15) is 0 Å². The average molecular weight is 409 g/mol. The van der Waals surface area contributed by atoms with Gasteiger partial charge in [-0.05, 0) is 60.9 Å². The molecular weight excluding hydrogens is 380 g/mol. The van der Waals surface area contributed by atoms with E-state index in [4.69, 9.17) is 4.74 Å². The first-order valence-corrected chi connectivity index (χ1v) is 11.0. The monoisotopic (exact) mass is 408 g/mol.